The Morgan fingerprint density at radius 3 is 2.83 bits per heavy atom. The molecule has 124 valence electrons. The van der Waals surface area contributed by atoms with Crippen molar-refractivity contribution in [1.82, 2.24) is 14.8 Å². The largest absolute Gasteiger partial charge is 0.494 e. The molecule has 6 heteroatoms. The maximum atomic E-state index is 12.0. The van der Waals surface area contributed by atoms with E-state index in [4.69, 9.17) is 4.74 Å². The Morgan fingerprint density at radius 2 is 2.04 bits per heavy atom. The van der Waals surface area contributed by atoms with Crippen LogP contribution in [0.5, 0.6) is 5.75 Å². The second-order valence-corrected chi connectivity index (χ2v) is 6.18. The third-order valence-electron chi connectivity index (χ3n) is 3.85. The molecule has 0 saturated heterocycles. The van der Waals surface area contributed by atoms with Gasteiger partial charge in [-0.15, -0.1) is 0 Å². The van der Waals surface area contributed by atoms with Crippen LogP contribution >= 0.6 is 15.9 Å². The number of hydrogen-bond acceptors (Lipinski definition) is 4. The van der Waals surface area contributed by atoms with Gasteiger partial charge in [-0.25, -0.2) is 4.68 Å². The minimum Gasteiger partial charge on any atom is -0.494 e. The topological polar surface area (TPSA) is 57.0 Å². The van der Waals surface area contributed by atoms with Crippen molar-refractivity contribution in [1.29, 1.82) is 0 Å². The van der Waals surface area contributed by atoms with E-state index in [9.17, 15) is 4.79 Å². The molecule has 0 unspecified atom stereocenters. The molecule has 0 N–H and O–H groups in total. The molecular formula is C18H18BrN3O2. The second kappa shape index (κ2) is 7.57. The number of aromatic nitrogens is 3. The van der Waals surface area contributed by atoms with Crippen LogP contribution in [0.25, 0.3) is 22.2 Å². The summed E-state index contributed by atoms with van der Waals surface area (Å²) in [4.78, 5) is 16.4. The maximum Gasteiger partial charge on any atom is 0.266 e. The number of benzene rings is 1. The highest BCUT2D eigenvalue weighted by molar-refractivity contribution is 9.09. The highest BCUT2D eigenvalue weighted by atomic mass is 79.9. The first kappa shape index (κ1) is 16.6. The summed E-state index contributed by atoms with van der Waals surface area (Å²) < 4.78 is 6.92. The number of unbranched alkanes of at least 4 members (excludes halogenated alkanes) is 1. The van der Waals surface area contributed by atoms with Gasteiger partial charge in [-0.05, 0) is 37.1 Å². The first-order valence-electron chi connectivity index (χ1n) is 7.81. The molecule has 2 heterocycles. The Kier molecular flexibility index (Phi) is 5.25. The molecule has 0 fully saturated rings. The molecule has 0 aliphatic heterocycles. The van der Waals surface area contributed by atoms with E-state index in [0.29, 0.717) is 6.54 Å². The molecule has 0 aliphatic carbocycles. The summed E-state index contributed by atoms with van der Waals surface area (Å²) in [6.45, 7) is 0.616. The fourth-order valence-corrected chi connectivity index (χ4v) is 3.04. The van der Waals surface area contributed by atoms with E-state index in [0.717, 1.165) is 46.1 Å². The highest BCUT2D eigenvalue weighted by Gasteiger charge is 2.11. The quantitative estimate of drug-likeness (QED) is 0.478. The molecule has 1 aromatic carbocycles. The number of aryl methyl sites for hydroxylation is 1. The average molecular weight is 388 g/mol. The lowest BCUT2D eigenvalue weighted by Gasteiger charge is -2.11. The lowest BCUT2D eigenvalue weighted by atomic mass is 10.0. The standard InChI is InChI=1S/C18H18BrN3O2/c1-24-16-8-6-13(14-5-4-11-20-18(14)16)15-7-9-17(23)22(21-15)12-3-2-10-19/h4-9,11H,2-3,10,12H2,1H3. The number of nitrogens with zero attached hydrogens (tertiary/aromatic N) is 3. The predicted molar refractivity (Wildman–Crippen MR) is 98.8 cm³/mol. The molecule has 0 spiro atoms. The molecule has 3 aromatic rings. The van der Waals surface area contributed by atoms with Crippen molar-refractivity contribution in [3.05, 3.63) is 52.9 Å². The van der Waals surface area contributed by atoms with Crippen LogP contribution in [0.4, 0.5) is 0 Å². The molecule has 0 bridgehead atoms. The van der Waals surface area contributed by atoms with Gasteiger partial charge in [-0.2, -0.15) is 5.10 Å². The van der Waals surface area contributed by atoms with Gasteiger partial charge in [0.15, 0.2) is 0 Å². The fraction of sp³-hybridized carbons (Fsp3) is 0.278. The van der Waals surface area contributed by atoms with E-state index >= 15 is 0 Å². The second-order valence-electron chi connectivity index (χ2n) is 5.39. The van der Waals surface area contributed by atoms with Crippen LogP contribution in [0.2, 0.25) is 0 Å². The lowest BCUT2D eigenvalue weighted by molar-refractivity contribution is 0.419. The Bertz CT molecular complexity index is 908. The summed E-state index contributed by atoms with van der Waals surface area (Å²) in [5, 5.41) is 6.42. The van der Waals surface area contributed by atoms with Crippen molar-refractivity contribution >= 4 is 26.8 Å². The maximum absolute atomic E-state index is 12.0. The molecule has 0 atom stereocenters. The number of halogens is 1. The van der Waals surface area contributed by atoms with Crippen molar-refractivity contribution in [3.8, 4) is 17.0 Å². The van der Waals surface area contributed by atoms with Crippen molar-refractivity contribution < 1.29 is 4.74 Å². The lowest BCUT2D eigenvalue weighted by Crippen LogP contribution is -2.22. The van der Waals surface area contributed by atoms with Gasteiger partial charge in [0.25, 0.3) is 5.56 Å². The summed E-state index contributed by atoms with van der Waals surface area (Å²) in [7, 11) is 1.63. The minimum atomic E-state index is -0.0794. The SMILES string of the molecule is COc1ccc(-c2ccc(=O)n(CCCCBr)n2)c2cccnc12. The van der Waals surface area contributed by atoms with Gasteiger partial charge in [-0.3, -0.25) is 9.78 Å². The summed E-state index contributed by atoms with van der Waals surface area (Å²) in [5.41, 5.74) is 2.41. The highest BCUT2D eigenvalue weighted by Crippen LogP contribution is 2.31. The zero-order valence-corrected chi connectivity index (χ0v) is 15.0. The van der Waals surface area contributed by atoms with Gasteiger partial charge >= 0.3 is 0 Å². The van der Waals surface area contributed by atoms with Crippen LogP contribution in [0.15, 0.2) is 47.4 Å². The van der Waals surface area contributed by atoms with Gasteiger partial charge in [0.1, 0.15) is 11.3 Å². The fourth-order valence-electron chi connectivity index (χ4n) is 2.64. The van der Waals surface area contributed by atoms with Gasteiger partial charge in [0.05, 0.1) is 12.8 Å². The third kappa shape index (κ3) is 3.33. The van der Waals surface area contributed by atoms with Gasteiger partial charge in [0, 0.05) is 35.1 Å². The number of hydrogen-bond donors (Lipinski definition) is 0. The zero-order valence-electron chi connectivity index (χ0n) is 13.4. The third-order valence-corrected chi connectivity index (χ3v) is 4.41. The molecule has 0 aliphatic rings. The average Bonchev–Trinajstić information content (AvgIpc) is 2.62. The molecule has 0 amide bonds. The predicted octanol–water partition coefficient (Wildman–Crippen LogP) is 3.64. The van der Waals surface area contributed by atoms with Crippen molar-refractivity contribution in [2.24, 2.45) is 0 Å². The van der Waals surface area contributed by atoms with Crippen molar-refractivity contribution in [2.75, 3.05) is 12.4 Å². The van der Waals surface area contributed by atoms with Crippen LogP contribution in [-0.4, -0.2) is 27.2 Å². The minimum absolute atomic E-state index is 0.0794. The number of ether oxygens (including phenoxy) is 1. The van der Waals surface area contributed by atoms with E-state index in [1.54, 1.807) is 25.4 Å². The number of fused-ring (bicyclic) bond motifs is 1. The Morgan fingerprint density at radius 1 is 1.17 bits per heavy atom. The summed E-state index contributed by atoms with van der Waals surface area (Å²) in [5.74, 6) is 0.722. The molecule has 24 heavy (non-hydrogen) atoms. The van der Waals surface area contributed by atoms with Gasteiger partial charge < -0.3 is 4.74 Å². The van der Waals surface area contributed by atoms with Crippen LogP contribution in [0.1, 0.15) is 12.8 Å². The number of methoxy groups -OCH3 is 1. The Balaban J connectivity index is 2.08. The normalized spacial score (nSPS) is 10.9. The molecule has 5 nitrogen and oxygen atoms in total. The zero-order chi connectivity index (χ0) is 16.9. The first-order valence-corrected chi connectivity index (χ1v) is 8.93. The van der Waals surface area contributed by atoms with E-state index < -0.39 is 0 Å². The van der Waals surface area contributed by atoms with Crippen molar-refractivity contribution in [3.63, 3.8) is 0 Å². The summed E-state index contributed by atoms with van der Waals surface area (Å²) in [6, 6.07) is 11.0. The van der Waals surface area contributed by atoms with E-state index in [1.165, 1.54) is 4.68 Å². The monoisotopic (exact) mass is 387 g/mol. The van der Waals surface area contributed by atoms with Crippen LogP contribution in [0.3, 0.4) is 0 Å². The number of pyridine rings is 1. The molecule has 2 aromatic heterocycles. The molecular weight excluding hydrogens is 370 g/mol. The first-order chi connectivity index (χ1) is 11.7. The van der Waals surface area contributed by atoms with Crippen LogP contribution in [0, 0.1) is 0 Å². The summed E-state index contributed by atoms with van der Waals surface area (Å²) in [6.07, 6.45) is 3.66. The summed E-state index contributed by atoms with van der Waals surface area (Å²) >= 11 is 3.41. The number of alkyl halides is 1. The smallest absolute Gasteiger partial charge is 0.266 e. The van der Waals surface area contributed by atoms with Gasteiger partial charge in [0.2, 0.25) is 0 Å². The van der Waals surface area contributed by atoms with Crippen LogP contribution < -0.4 is 10.3 Å². The molecule has 0 radical (unpaired) electrons. The molecule has 0 saturated carbocycles. The van der Waals surface area contributed by atoms with Crippen molar-refractivity contribution in [2.45, 2.75) is 19.4 Å². The Hall–Kier alpha value is -2.21. The van der Waals surface area contributed by atoms with E-state index in [-0.39, 0.29) is 5.56 Å². The van der Waals surface area contributed by atoms with E-state index in [1.807, 2.05) is 24.3 Å². The Labute approximate surface area is 148 Å². The molecule has 3 rings (SSSR count). The van der Waals surface area contributed by atoms with Crippen LogP contribution in [-0.2, 0) is 6.54 Å². The number of rotatable bonds is 6. The van der Waals surface area contributed by atoms with E-state index in [2.05, 4.69) is 26.0 Å². The van der Waals surface area contributed by atoms with Gasteiger partial charge in [-0.1, -0.05) is 22.0 Å².